The normalized spacial score (nSPS) is 10.4. The lowest BCUT2D eigenvalue weighted by atomic mass is 10.2. The number of amides is 1. The Morgan fingerprint density at radius 2 is 1.86 bits per heavy atom. The molecule has 0 aromatic heterocycles. The second kappa shape index (κ2) is 7.57. The number of thioether (sulfide) groups is 2. The van der Waals surface area contributed by atoms with E-state index >= 15 is 0 Å². The van der Waals surface area contributed by atoms with Gasteiger partial charge in [-0.05, 0) is 43.9 Å². The Morgan fingerprint density at radius 1 is 1.10 bits per heavy atom. The number of anilines is 1. The van der Waals surface area contributed by atoms with Gasteiger partial charge in [-0.2, -0.15) is 0 Å². The number of aryl methyl sites for hydroxylation is 2. The average Bonchev–Trinajstić information content (AvgIpc) is 2.47. The van der Waals surface area contributed by atoms with Crippen molar-refractivity contribution in [2.45, 2.75) is 23.6 Å². The first kappa shape index (κ1) is 16.0. The van der Waals surface area contributed by atoms with Crippen LogP contribution in [-0.2, 0) is 4.79 Å². The van der Waals surface area contributed by atoms with E-state index in [2.05, 4.69) is 37.4 Å². The SMILES string of the molecule is CSc1ccccc1NC(=O)CSc1ccc(C)cc1C. The van der Waals surface area contributed by atoms with E-state index in [0.717, 1.165) is 15.5 Å². The lowest BCUT2D eigenvalue weighted by molar-refractivity contribution is -0.113. The van der Waals surface area contributed by atoms with Crippen LogP contribution in [0.3, 0.4) is 0 Å². The maximum Gasteiger partial charge on any atom is 0.234 e. The van der Waals surface area contributed by atoms with Crippen LogP contribution in [0.15, 0.2) is 52.3 Å². The van der Waals surface area contributed by atoms with Crippen LogP contribution in [0.5, 0.6) is 0 Å². The van der Waals surface area contributed by atoms with E-state index in [1.165, 1.54) is 11.1 Å². The Labute approximate surface area is 134 Å². The van der Waals surface area contributed by atoms with Crippen molar-refractivity contribution in [1.29, 1.82) is 0 Å². The molecule has 1 amide bonds. The molecule has 0 radical (unpaired) electrons. The van der Waals surface area contributed by atoms with Gasteiger partial charge in [0.15, 0.2) is 0 Å². The fourth-order valence-corrected chi connectivity index (χ4v) is 3.40. The summed E-state index contributed by atoms with van der Waals surface area (Å²) in [6.07, 6.45) is 2.01. The van der Waals surface area contributed by atoms with E-state index in [1.807, 2.05) is 30.5 Å². The van der Waals surface area contributed by atoms with Gasteiger partial charge >= 0.3 is 0 Å². The monoisotopic (exact) mass is 317 g/mol. The molecule has 0 spiro atoms. The molecule has 21 heavy (non-hydrogen) atoms. The van der Waals surface area contributed by atoms with E-state index in [-0.39, 0.29) is 5.91 Å². The summed E-state index contributed by atoms with van der Waals surface area (Å²) in [5, 5.41) is 2.98. The third-order valence-corrected chi connectivity index (χ3v) is 5.04. The number of carbonyl (C=O) groups is 1. The predicted molar refractivity (Wildman–Crippen MR) is 93.5 cm³/mol. The quantitative estimate of drug-likeness (QED) is 0.806. The van der Waals surface area contributed by atoms with Crippen molar-refractivity contribution in [2.24, 2.45) is 0 Å². The number of rotatable bonds is 5. The molecular weight excluding hydrogens is 298 g/mol. The summed E-state index contributed by atoms with van der Waals surface area (Å²) in [4.78, 5) is 14.3. The molecule has 2 aromatic rings. The average molecular weight is 317 g/mol. The summed E-state index contributed by atoms with van der Waals surface area (Å²) >= 11 is 3.21. The predicted octanol–water partition coefficient (Wildman–Crippen LogP) is 4.76. The topological polar surface area (TPSA) is 29.1 Å². The van der Waals surface area contributed by atoms with Gasteiger partial charge in [0.05, 0.1) is 11.4 Å². The van der Waals surface area contributed by atoms with Crippen LogP contribution in [-0.4, -0.2) is 17.9 Å². The maximum absolute atomic E-state index is 12.1. The Balaban J connectivity index is 1.96. The van der Waals surface area contributed by atoms with E-state index in [0.29, 0.717) is 5.75 Å². The molecule has 0 aliphatic carbocycles. The van der Waals surface area contributed by atoms with Crippen LogP contribution in [0.2, 0.25) is 0 Å². The zero-order valence-corrected chi connectivity index (χ0v) is 14.1. The van der Waals surface area contributed by atoms with Crippen molar-refractivity contribution in [2.75, 3.05) is 17.3 Å². The standard InChI is InChI=1S/C17H19NOS2/c1-12-8-9-15(13(2)10-12)21-11-17(19)18-14-6-4-5-7-16(14)20-3/h4-10H,11H2,1-3H3,(H,18,19). The highest BCUT2D eigenvalue weighted by Crippen LogP contribution is 2.26. The van der Waals surface area contributed by atoms with Crippen LogP contribution in [0.4, 0.5) is 5.69 Å². The largest absolute Gasteiger partial charge is 0.324 e. The molecule has 1 N–H and O–H groups in total. The highest BCUT2D eigenvalue weighted by molar-refractivity contribution is 8.00. The van der Waals surface area contributed by atoms with E-state index in [1.54, 1.807) is 23.5 Å². The van der Waals surface area contributed by atoms with Gasteiger partial charge in [0.25, 0.3) is 0 Å². The molecule has 0 atom stereocenters. The van der Waals surface area contributed by atoms with E-state index in [9.17, 15) is 4.79 Å². The highest BCUT2D eigenvalue weighted by atomic mass is 32.2. The van der Waals surface area contributed by atoms with E-state index in [4.69, 9.17) is 0 Å². The number of hydrogen-bond donors (Lipinski definition) is 1. The zero-order valence-electron chi connectivity index (χ0n) is 12.5. The van der Waals surface area contributed by atoms with E-state index < -0.39 is 0 Å². The lowest BCUT2D eigenvalue weighted by Crippen LogP contribution is -2.14. The number of para-hydroxylation sites is 1. The van der Waals surface area contributed by atoms with Crippen LogP contribution >= 0.6 is 23.5 Å². The number of benzene rings is 2. The van der Waals surface area contributed by atoms with Gasteiger partial charge in [-0.3, -0.25) is 4.79 Å². The van der Waals surface area contributed by atoms with Gasteiger partial charge in [0.2, 0.25) is 5.91 Å². The van der Waals surface area contributed by atoms with Gasteiger partial charge < -0.3 is 5.32 Å². The molecule has 0 bridgehead atoms. The molecule has 2 rings (SSSR count). The zero-order chi connectivity index (χ0) is 15.2. The minimum atomic E-state index is 0.0291. The third kappa shape index (κ3) is 4.55. The molecule has 0 heterocycles. The lowest BCUT2D eigenvalue weighted by Gasteiger charge is -2.10. The maximum atomic E-state index is 12.1. The molecule has 4 heteroatoms. The van der Waals surface area contributed by atoms with Gasteiger partial charge in [0.1, 0.15) is 0 Å². The molecule has 0 aliphatic heterocycles. The first-order chi connectivity index (χ1) is 10.1. The second-order valence-corrected chi connectivity index (χ2v) is 6.67. The van der Waals surface area contributed by atoms with Gasteiger partial charge in [-0.1, -0.05) is 29.8 Å². The number of carbonyl (C=O) groups excluding carboxylic acids is 1. The second-order valence-electron chi connectivity index (χ2n) is 4.81. The van der Waals surface area contributed by atoms with Crippen molar-refractivity contribution in [1.82, 2.24) is 0 Å². The van der Waals surface area contributed by atoms with Crippen molar-refractivity contribution in [3.63, 3.8) is 0 Å². The summed E-state index contributed by atoms with van der Waals surface area (Å²) in [7, 11) is 0. The molecule has 2 aromatic carbocycles. The number of nitrogens with one attached hydrogen (secondary N) is 1. The Hall–Kier alpha value is -1.39. The van der Waals surface area contributed by atoms with Crippen LogP contribution in [0, 0.1) is 13.8 Å². The Bertz CT molecular complexity index is 640. The first-order valence-corrected chi connectivity index (χ1v) is 8.94. The van der Waals surface area contributed by atoms with Crippen LogP contribution in [0.25, 0.3) is 0 Å². The molecule has 0 saturated carbocycles. The van der Waals surface area contributed by atoms with Crippen LogP contribution < -0.4 is 5.32 Å². The molecule has 0 aliphatic rings. The fourth-order valence-electron chi connectivity index (χ4n) is 2.04. The summed E-state index contributed by atoms with van der Waals surface area (Å²) in [6, 6.07) is 14.2. The molecule has 110 valence electrons. The van der Waals surface area contributed by atoms with Gasteiger partial charge in [0, 0.05) is 9.79 Å². The third-order valence-electron chi connectivity index (χ3n) is 3.07. The summed E-state index contributed by atoms with van der Waals surface area (Å²) in [5.74, 6) is 0.452. The Kier molecular flexibility index (Phi) is 5.76. The molecule has 0 fully saturated rings. The first-order valence-electron chi connectivity index (χ1n) is 6.73. The molecule has 2 nitrogen and oxygen atoms in total. The minimum Gasteiger partial charge on any atom is -0.324 e. The molecule has 0 saturated heterocycles. The fraction of sp³-hybridized carbons (Fsp3) is 0.235. The van der Waals surface area contributed by atoms with Crippen molar-refractivity contribution >= 4 is 35.1 Å². The van der Waals surface area contributed by atoms with Gasteiger partial charge in [-0.25, -0.2) is 0 Å². The van der Waals surface area contributed by atoms with Crippen molar-refractivity contribution < 1.29 is 4.79 Å². The smallest absolute Gasteiger partial charge is 0.234 e. The van der Waals surface area contributed by atoms with Crippen molar-refractivity contribution in [3.05, 3.63) is 53.6 Å². The van der Waals surface area contributed by atoms with Crippen molar-refractivity contribution in [3.8, 4) is 0 Å². The molecule has 0 unspecified atom stereocenters. The molecular formula is C17H19NOS2. The summed E-state index contributed by atoms with van der Waals surface area (Å²) in [5.41, 5.74) is 3.35. The van der Waals surface area contributed by atoms with Gasteiger partial charge in [-0.15, -0.1) is 23.5 Å². The summed E-state index contributed by atoms with van der Waals surface area (Å²) in [6.45, 7) is 4.16. The minimum absolute atomic E-state index is 0.0291. The highest BCUT2D eigenvalue weighted by Gasteiger charge is 2.08. The van der Waals surface area contributed by atoms with Crippen LogP contribution in [0.1, 0.15) is 11.1 Å². The number of hydrogen-bond acceptors (Lipinski definition) is 3. The summed E-state index contributed by atoms with van der Waals surface area (Å²) < 4.78 is 0. The Morgan fingerprint density at radius 3 is 2.57 bits per heavy atom.